The fraction of sp³-hybridized carbons (Fsp3) is 0.429. The average Bonchev–Trinajstić information content (AvgIpc) is 2.51. The monoisotopic (exact) mass is 183 g/mol. The van der Waals surface area contributed by atoms with Crippen LogP contribution in [-0.4, -0.2) is 27.4 Å². The number of nitrogens with two attached hydrogens (primary N) is 1. The summed E-state index contributed by atoms with van der Waals surface area (Å²) >= 11 is 0. The molecule has 0 spiro atoms. The minimum Gasteiger partial charge on any atom is -0.409 e. The summed E-state index contributed by atoms with van der Waals surface area (Å²) in [6, 6.07) is 1.90. The molecule has 0 fully saturated rings. The second kappa shape index (κ2) is 4.46. The molecule has 6 nitrogen and oxygen atoms in total. The van der Waals surface area contributed by atoms with Crippen LogP contribution in [0.1, 0.15) is 5.69 Å². The number of rotatable bonds is 4. The summed E-state index contributed by atoms with van der Waals surface area (Å²) in [7, 11) is 1.85. The van der Waals surface area contributed by atoms with E-state index in [9.17, 15) is 0 Å². The Morgan fingerprint density at radius 3 is 3.15 bits per heavy atom. The van der Waals surface area contributed by atoms with Crippen molar-refractivity contribution in [3.8, 4) is 0 Å². The van der Waals surface area contributed by atoms with Crippen molar-refractivity contribution in [2.24, 2.45) is 17.9 Å². The molecule has 4 N–H and O–H groups in total. The van der Waals surface area contributed by atoms with Crippen LogP contribution in [0.2, 0.25) is 0 Å². The van der Waals surface area contributed by atoms with Crippen LogP contribution in [-0.2, 0) is 13.6 Å². The van der Waals surface area contributed by atoms with Crippen molar-refractivity contribution in [3.63, 3.8) is 0 Å². The summed E-state index contributed by atoms with van der Waals surface area (Å²) in [5.41, 5.74) is 6.18. The highest BCUT2D eigenvalue weighted by atomic mass is 16.4. The lowest BCUT2D eigenvalue weighted by molar-refractivity contribution is 0.317. The molecule has 0 radical (unpaired) electrons. The molecule has 0 aliphatic heterocycles. The zero-order valence-electron chi connectivity index (χ0n) is 7.44. The molecule has 0 atom stereocenters. The van der Waals surface area contributed by atoms with Gasteiger partial charge >= 0.3 is 0 Å². The van der Waals surface area contributed by atoms with E-state index in [0.29, 0.717) is 13.1 Å². The molecule has 0 amide bonds. The standard InChI is InChI=1S/C7H13N5O/c1-12-3-2-6(10-12)4-9-5-7(8)11-13/h2-3,9,13H,4-5H2,1H3,(H2,8,11). The van der Waals surface area contributed by atoms with Gasteiger partial charge in [0.05, 0.1) is 12.2 Å². The first-order valence-electron chi connectivity index (χ1n) is 3.88. The van der Waals surface area contributed by atoms with Crippen LogP contribution in [0.3, 0.4) is 0 Å². The Morgan fingerprint density at radius 2 is 2.62 bits per heavy atom. The van der Waals surface area contributed by atoms with E-state index in [1.807, 2.05) is 19.3 Å². The predicted octanol–water partition coefficient (Wildman–Crippen LogP) is -0.744. The normalized spacial score (nSPS) is 11.9. The van der Waals surface area contributed by atoms with Gasteiger partial charge in [0.25, 0.3) is 0 Å². The fourth-order valence-corrected chi connectivity index (χ4v) is 0.911. The third-order valence-electron chi connectivity index (χ3n) is 1.51. The Hall–Kier alpha value is -1.56. The second-order valence-corrected chi connectivity index (χ2v) is 2.68. The van der Waals surface area contributed by atoms with E-state index >= 15 is 0 Å². The number of hydrogen-bond acceptors (Lipinski definition) is 4. The van der Waals surface area contributed by atoms with Crippen molar-refractivity contribution in [2.75, 3.05) is 6.54 Å². The molecule has 13 heavy (non-hydrogen) atoms. The summed E-state index contributed by atoms with van der Waals surface area (Å²) in [4.78, 5) is 0. The molecule has 72 valence electrons. The van der Waals surface area contributed by atoms with Crippen molar-refractivity contribution in [1.29, 1.82) is 0 Å². The molecule has 0 saturated carbocycles. The van der Waals surface area contributed by atoms with E-state index in [0.717, 1.165) is 5.69 Å². The minimum absolute atomic E-state index is 0.163. The van der Waals surface area contributed by atoms with Gasteiger partial charge in [-0.05, 0) is 6.07 Å². The SMILES string of the molecule is Cn1ccc(CNC/C(N)=N/O)n1. The highest BCUT2D eigenvalue weighted by molar-refractivity contribution is 5.81. The molecule has 6 heteroatoms. The lowest BCUT2D eigenvalue weighted by atomic mass is 10.4. The number of aromatic nitrogens is 2. The third kappa shape index (κ3) is 3.12. The van der Waals surface area contributed by atoms with E-state index in [4.69, 9.17) is 10.9 Å². The van der Waals surface area contributed by atoms with Crippen molar-refractivity contribution < 1.29 is 5.21 Å². The molecule has 1 aromatic heterocycles. The summed E-state index contributed by atoms with van der Waals surface area (Å²) in [6.07, 6.45) is 1.86. The largest absolute Gasteiger partial charge is 0.409 e. The summed E-state index contributed by atoms with van der Waals surface area (Å²) < 4.78 is 1.72. The number of aryl methyl sites for hydroxylation is 1. The third-order valence-corrected chi connectivity index (χ3v) is 1.51. The summed E-state index contributed by atoms with van der Waals surface area (Å²) in [5.74, 6) is 0.163. The van der Waals surface area contributed by atoms with E-state index < -0.39 is 0 Å². The molecular formula is C7H13N5O. The Labute approximate surface area is 76.0 Å². The van der Waals surface area contributed by atoms with Gasteiger partial charge in [-0.25, -0.2) is 0 Å². The Morgan fingerprint density at radius 1 is 1.85 bits per heavy atom. The number of amidine groups is 1. The summed E-state index contributed by atoms with van der Waals surface area (Å²) in [5, 5.41) is 18.2. The lowest BCUT2D eigenvalue weighted by Gasteiger charge is -1.99. The Balaban J connectivity index is 2.28. The van der Waals surface area contributed by atoms with Gasteiger partial charge in [0, 0.05) is 19.8 Å². The molecule has 0 saturated heterocycles. The minimum atomic E-state index is 0.163. The van der Waals surface area contributed by atoms with E-state index in [1.54, 1.807) is 4.68 Å². The topological polar surface area (TPSA) is 88.5 Å². The number of nitrogens with one attached hydrogen (secondary N) is 1. The average molecular weight is 183 g/mol. The number of nitrogens with zero attached hydrogens (tertiary/aromatic N) is 3. The molecule has 0 aliphatic carbocycles. The highest BCUT2D eigenvalue weighted by Gasteiger charge is 1.96. The van der Waals surface area contributed by atoms with Gasteiger partial charge in [-0.15, -0.1) is 0 Å². The smallest absolute Gasteiger partial charge is 0.153 e. The maximum absolute atomic E-state index is 8.24. The first kappa shape index (κ1) is 9.53. The first-order valence-corrected chi connectivity index (χ1v) is 3.88. The van der Waals surface area contributed by atoms with Crippen LogP contribution in [0, 0.1) is 0 Å². The van der Waals surface area contributed by atoms with Gasteiger partial charge in [-0.3, -0.25) is 4.68 Å². The highest BCUT2D eigenvalue weighted by Crippen LogP contribution is 1.91. The first-order chi connectivity index (χ1) is 6.22. The van der Waals surface area contributed by atoms with Crippen LogP contribution in [0.5, 0.6) is 0 Å². The molecule has 1 heterocycles. The maximum Gasteiger partial charge on any atom is 0.153 e. The molecule has 0 aliphatic rings. The van der Waals surface area contributed by atoms with Crippen LogP contribution < -0.4 is 11.1 Å². The van der Waals surface area contributed by atoms with Crippen molar-refractivity contribution >= 4 is 5.84 Å². The predicted molar refractivity (Wildman–Crippen MR) is 48.3 cm³/mol. The lowest BCUT2D eigenvalue weighted by Crippen LogP contribution is -2.28. The van der Waals surface area contributed by atoms with Gasteiger partial charge in [-0.2, -0.15) is 5.10 Å². The Kier molecular flexibility index (Phi) is 3.27. The van der Waals surface area contributed by atoms with Crippen LogP contribution in [0.4, 0.5) is 0 Å². The zero-order valence-corrected chi connectivity index (χ0v) is 7.44. The van der Waals surface area contributed by atoms with Gasteiger partial charge in [0.15, 0.2) is 5.84 Å². The molecule has 0 unspecified atom stereocenters. The van der Waals surface area contributed by atoms with Crippen LogP contribution in [0.25, 0.3) is 0 Å². The molecule has 0 aromatic carbocycles. The van der Waals surface area contributed by atoms with Crippen molar-refractivity contribution in [3.05, 3.63) is 18.0 Å². The van der Waals surface area contributed by atoms with E-state index in [2.05, 4.69) is 15.6 Å². The van der Waals surface area contributed by atoms with Gasteiger partial charge in [0.2, 0.25) is 0 Å². The Bertz CT molecular complexity index is 293. The number of oxime groups is 1. The molecule has 1 rings (SSSR count). The zero-order chi connectivity index (χ0) is 9.68. The fourth-order valence-electron chi connectivity index (χ4n) is 0.911. The maximum atomic E-state index is 8.24. The quantitative estimate of drug-likeness (QED) is 0.248. The molecular weight excluding hydrogens is 170 g/mol. The summed E-state index contributed by atoms with van der Waals surface area (Å²) in [6.45, 7) is 0.962. The van der Waals surface area contributed by atoms with Crippen LogP contribution >= 0.6 is 0 Å². The second-order valence-electron chi connectivity index (χ2n) is 2.68. The van der Waals surface area contributed by atoms with Gasteiger partial charge in [0.1, 0.15) is 0 Å². The molecule has 1 aromatic rings. The van der Waals surface area contributed by atoms with Crippen molar-refractivity contribution in [2.45, 2.75) is 6.54 Å². The number of hydrogen-bond donors (Lipinski definition) is 3. The van der Waals surface area contributed by atoms with Gasteiger partial charge in [-0.1, -0.05) is 5.16 Å². The van der Waals surface area contributed by atoms with Gasteiger partial charge < -0.3 is 16.3 Å². The van der Waals surface area contributed by atoms with E-state index in [1.165, 1.54) is 0 Å². The van der Waals surface area contributed by atoms with E-state index in [-0.39, 0.29) is 5.84 Å². The van der Waals surface area contributed by atoms with Crippen LogP contribution in [0.15, 0.2) is 17.4 Å². The molecule has 0 bridgehead atoms. The van der Waals surface area contributed by atoms with Crippen molar-refractivity contribution in [1.82, 2.24) is 15.1 Å².